The largest absolute Gasteiger partial charge is 0.488 e. The van der Waals surface area contributed by atoms with E-state index in [9.17, 15) is 8.78 Å². The molecule has 0 aromatic carbocycles. The van der Waals surface area contributed by atoms with Gasteiger partial charge in [0, 0.05) is 0 Å². The molecule has 5 heteroatoms. The van der Waals surface area contributed by atoms with Crippen LogP contribution in [0.25, 0.3) is 0 Å². The minimum absolute atomic E-state index is 0.181. The molecule has 2 nitrogen and oxygen atoms in total. The number of aromatic nitrogens is 1. The molecule has 1 aliphatic rings. The molecule has 1 fully saturated rings. The van der Waals surface area contributed by atoms with Gasteiger partial charge >= 0.3 is 0 Å². The van der Waals surface area contributed by atoms with Gasteiger partial charge in [-0.15, -0.1) is 0 Å². The standard InChI is InChI=1S/C12H14BrF2NO/c1-7-2-3-8(6-7)17-10-5-4-9(12(14)15)16-11(10)13/h4-5,7-8,12H,2-3,6H2,1H3/t7-,8+/m0/s1. The van der Waals surface area contributed by atoms with Gasteiger partial charge < -0.3 is 4.74 Å². The molecule has 94 valence electrons. The lowest BCUT2D eigenvalue weighted by atomic mass is 10.1. The van der Waals surface area contributed by atoms with Crippen LogP contribution in [0.4, 0.5) is 8.78 Å². The summed E-state index contributed by atoms with van der Waals surface area (Å²) in [5.74, 6) is 1.22. The van der Waals surface area contributed by atoms with Crippen molar-refractivity contribution < 1.29 is 13.5 Å². The van der Waals surface area contributed by atoms with Crippen molar-refractivity contribution in [1.29, 1.82) is 0 Å². The van der Waals surface area contributed by atoms with Gasteiger partial charge in [0.25, 0.3) is 6.43 Å². The number of ether oxygens (including phenoxy) is 1. The van der Waals surface area contributed by atoms with Gasteiger partial charge in [-0.2, -0.15) is 0 Å². The fourth-order valence-corrected chi connectivity index (χ4v) is 2.52. The topological polar surface area (TPSA) is 22.1 Å². The van der Waals surface area contributed by atoms with Crippen LogP contribution in [0.1, 0.15) is 38.3 Å². The fourth-order valence-electron chi connectivity index (χ4n) is 2.09. The Morgan fingerprint density at radius 3 is 2.71 bits per heavy atom. The lowest BCUT2D eigenvalue weighted by Gasteiger charge is -2.14. The van der Waals surface area contributed by atoms with Crippen molar-refractivity contribution in [2.75, 3.05) is 0 Å². The highest BCUT2D eigenvalue weighted by Gasteiger charge is 2.24. The van der Waals surface area contributed by atoms with E-state index in [1.807, 2.05) is 0 Å². The summed E-state index contributed by atoms with van der Waals surface area (Å²) in [6, 6.07) is 2.87. The number of alkyl halides is 2. The first-order chi connectivity index (χ1) is 8.06. The number of halogens is 3. The fraction of sp³-hybridized carbons (Fsp3) is 0.583. The molecule has 1 aliphatic carbocycles. The maximum atomic E-state index is 12.4. The van der Waals surface area contributed by atoms with Crippen molar-refractivity contribution >= 4 is 15.9 Å². The third kappa shape index (κ3) is 3.15. The molecule has 1 aromatic rings. The molecule has 0 N–H and O–H groups in total. The minimum atomic E-state index is -2.55. The lowest BCUT2D eigenvalue weighted by Crippen LogP contribution is -2.12. The van der Waals surface area contributed by atoms with Crippen LogP contribution in [0.3, 0.4) is 0 Å². The molecule has 0 amide bonds. The highest BCUT2D eigenvalue weighted by atomic mass is 79.9. The Kier molecular flexibility index (Phi) is 3.97. The average Bonchev–Trinajstić information content (AvgIpc) is 2.67. The molecule has 0 radical (unpaired) electrons. The number of hydrogen-bond acceptors (Lipinski definition) is 2. The molecule has 0 aliphatic heterocycles. The maximum absolute atomic E-state index is 12.4. The van der Waals surface area contributed by atoms with E-state index in [4.69, 9.17) is 4.74 Å². The molecule has 0 unspecified atom stereocenters. The first-order valence-electron chi connectivity index (χ1n) is 5.67. The molecule has 0 saturated heterocycles. The number of nitrogens with zero attached hydrogens (tertiary/aromatic N) is 1. The molecule has 0 spiro atoms. The van der Waals surface area contributed by atoms with Crippen LogP contribution in [-0.2, 0) is 0 Å². The summed E-state index contributed by atoms with van der Waals surface area (Å²) in [6.45, 7) is 2.19. The SMILES string of the molecule is C[C@H]1CC[C@@H](Oc2ccc(C(F)F)nc2Br)C1. The van der Waals surface area contributed by atoms with E-state index in [-0.39, 0.29) is 11.8 Å². The average molecular weight is 306 g/mol. The second-order valence-corrected chi connectivity index (χ2v) is 5.23. The number of pyridine rings is 1. The zero-order valence-corrected chi connectivity index (χ0v) is 11.1. The van der Waals surface area contributed by atoms with Gasteiger partial charge in [-0.25, -0.2) is 13.8 Å². The monoisotopic (exact) mass is 305 g/mol. The Morgan fingerprint density at radius 1 is 1.41 bits per heavy atom. The van der Waals surface area contributed by atoms with E-state index in [0.717, 1.165) is 19.3 Å². The first kappa shape index (κ1) is 12.7. The number of rotatable bonds is 3. The summed E-state index contributed by atoms with van der Waals surface area (Å²) >= 11 is 3.17. The van der Waals surface area contributed by atoms with Crippen molar-refractivity contribution in [2.45, 2.75) is 38.7 Å². The Balaban J connectivity index is 2.06. The molecule has 1 saturated carbocycles. The minimum Gasteiger partial charge on any atom is -0.488 e. The Hall–Kier alpha value is -0.710. The van der Waals surface area contributed by atoms with Crippen LogP contribution in [0.15, 0.2) is 16.7 Å². The van der Waals surface area contributed by atoms with E-state index in [1.54, 1.807) is 6.07 Å². The quantitative estimate of drug-likeness (QED) is 0.775. The van der Waals surface area contributed by atoms with Gasteiger partial charge in [0.05, 0.1) is 6.10 Å². The maximum Gasteiger partial charge on any atom is 0.280 e. The predicted molar refractivity (Wildman–Crippen MR) is 64.3 cm³/mol. The molecule has 17 heavy (non-hydrogen) atoms. The van der Waals surface area contributed by atoms with E-state index >= 15 is 0 Å². The van der Waals surface area contributed by atoms with E-state index in [1.165, 1.54) is 6.07 Å². The molecule has 2 rings (SSSR count). The third-order valence-electron chi connectivity index (χ3n) is 3.00. The van der Waals surface area contributed by atoms with Gasteiger partial charge in [0.2, 0.25) is 0 Å². The van der Waals surface area contributed by atoms with Gasteiger partial charge in [0.15, 0.2) is 5.75 Å². The van der Waals surface area contributed by atoms with Crippen LogP contribution in [0, 0.1) is 5.92 Å². The number of hydrogen-bond donors (Lipinski definition) is 0. The second kappa shape index (κ2) is 5.29. The third-order valence-corrected chi connectivity index (χ3v) is 3.57. The molecular formula is C12H14BrF2NO. The van der Waals surface area contributed by atoms with Crippen molar-refractivity contribution in [3.8, 4) is 5.75 Å². The molecular weight excluding hydrogens is 292 g/mol. The van der Waals surface area contributed by atoms with Crippen LogP contribution in [-0.4, -0.2) is 11.1 Å². The smallest absolute Gasteiger partial charge is 0.280 e. The van der Waals surface area contributed by atoms with Crippen LogP contribution in [0.2, 0.25) is 0 Å². The van der Waals surface area contributed by atoms with Crippen molar-refractivity contribution in [2.24, 2.45) is 5.92 Å². The van der Waals surface area contributed by atoms with Gasteiger partial charge in [-0.05, 0) is 53.2 Å². The summed E-state index contributed by atoms with van der Waals surface area (Å²) in [7, 11) is 0. The lowest BCUT2D eigenvalue weighted by molar-refractivity contribution is 0.145. The van der Waals surface area contributed by atoms with Crippen LogP contribution in [0.5, 0.6) is 5.75 Å². The van der Waals surface area contributed by atoms with E-state index in [2.05, 4.69) is 27.8 Å². The zero-order chi connectivity index (χ0) is 12.4. The normalized spacial score (nSPS) is 24.3. The van der Waals surface area contributed by atoms with E-state index in [0.29, 0.717) is 16.3 Å². The predicted octanol–water partition coefficient (Wildman–Crippen LogP) is 4.35. The summed E-state index contributed by atoms with van der Waals surface area (Å²) in [4.78, 5) is 3.78. The van der Waals surface area contributed by atoms with Gasteiger partial charge in [-0.3, -0.25) is 0 Å². The second-order valence-electron chi connectivity index (χ2n) is 4.48. The van der Waals surface area contributed by atoms with Crippen LogP contribution >= 0.6 is 15.9 Å². The van der Waals surface area contributed by atoms with Crippen LogP contribution < -0.4 is 4.74 Å². The van der Waals surface area contributed by atoms with Gasteiger partial charge in [0.1, 0.15) is 10.3 Å². The van der Waals surface area contributed by atoms with Gasteiger partial charge in [-0.1, -0.05) is 6.92 Å². The van der Waals surface area contributed by atoms with Crippen molar-refractivity contribution in [1.82, 2.24) is 4.98 Å². The highest BCUT2D eigenvalue weighted by molar-refractivity contribution is 9.10. The van der Waals surface area contributed by atoms with Crippen molar-refractivity contribution in [3.63, 3.8) is 0 Å². The summed E-state index contributed by atoms with van der Waals surface area (Å²) in [5, 5.41) is 0. The van der Waals surface area contributed by atoms with Crippen molar-refractivity contribution in [3.05, 3.63) is 22.4 Å². The summed E-state index contributed by atoms with van der Waals surface area (Å²) in [6.07, 6.45) is 0.824. The molecule has 2 atom stereocenters. The molecule has 0 bridgehead atoms. The van der Waals surface area contributed by atoms with E-state index < -0.39 is 6.43 Å². The Bertz CT molecular complexity index is 400. The summed E-state index contributed by atoms with van der Waals surface area (Å²) in [5.41, 5.74) is -0.232. The Labute approximate surface area is 108 Å². The summed E-state index contributed by atoms with van der Waals surface area (Å²) < 4.78 is 30.9. The molecule has 1 aromatic heterocycles. The molecule has 1 heterocycles. The Morgan fingerprint density at radius 2 is 2.18 bits per heavy atom. The first-order valence-corrected chi connectivity index (χ1v) is 6.47. The zero-order valence-electron chi connectivity index (χ0n) is 9.50. The highest BCUT2D eigenvalue weighted by Crippen LogP contribution is 2.32.